The highest BCUT2D eigenvalue weighted by Crippen LogP contribution is 2.17. The number of aromatic nitrogens is 2. The van der Waals surface area contributed by atoms with E-state index in [1.807, 2.05) is 31.2 Å². The Morgan fingerprint density at radius 3 is 2.89 bits per heavy atom. The van der Waals surface area contributed by atoms with E-state index in [2.05, 4.69) is 9.97 Å². The molecule has 1 heterocycles. The maximum Gasteiger partial charge on any atom is 0.376 e. The minimum Gasteiger partial charge on any atom is -0.460 e. The van der Waals surface area contributed by atoms with Gasteiger partial charge in [0.05, 0.1) is 12.3 Å². The third-order valence-corrected chi connectivity index (χ3v) is 2.43. The van der Waals surface area contributed by atoms with Crippen LogP contribution in [0.25, 0.3) is 11.3 Å². The van der Waals surface area contributed by atoms with Crippen LogP contribution in [0.5, 0.6) is 0 Å². The van der Waals surface area contributed by atoms with Gasteiger partial charge in [-0.05, 0) is 26.0 Å². The lowest BCUT2D eigenvalue weighted by Crippen LogP contribution is -2.09. The van der Waals surface area contributed by atoms with Crippen LogP contribution >= 0.6 is 0 Å². The smallest absolute Gasteiger partial charge is 0.376 e. The Morgan fingerprint density at radius 2 is 2.17 bits per heavy atom. The van der Waals surface area contributed by atoms with Crippen molar-refractivity contribution in [1.82, 2.24) is 9.97 Å². The van der Waals surface area contributed by atoms with Gasteiger partial charge in [-0.2, -0.15) is 0 Å². The van der Waals surface area contributed by atoms with E-state index in [0.717, 1.165) is 16.8 Å². The monoisotopic (exact) mass is 242 g/mol. The molecule has 0 aliphatic heterocycles. The summed E-state index contributed by atoms with van der Waals surface area (Å²) in [5.41, 5.74) is 2.82. The number of nitrogens with zero attached hydrogens (tertiary/aromatic N) is 2. The first-order valence-corrected chi connectivity index (χ1v) is 5.78. The first-order valence-electron chi connectivity index (χ1n) is 5.78. The quantitative estimate of drug-likeness (QED) is 0.776. The Labute approximate surface area is 106 Å². The summed E-state index contributed by atoms with van der Waals surface area (Å²) in [4.78, 5) is 19.7. The van der Waals surface area contributed by atoms with E-state index in [1.54, 1.807) is 19.2 Å². The number of aryl methyl sites for hydroxylation is 1. The molecule has 0 amide bonds. The molecule has 0 N–H and O–H groups in total. The number of hydrogen-bond acceptors (Lipinski definition) is 4. The first-order chi connectivity index (χ1) is 8.70. The van der Waals surface area contributed by atoms with Crippen LogP contribution in [0, 0.1) is 6.92 Å². The maximum atomic E-state index is 11.5. The second-order valence-corrected chi connectivity index (χ2v) is 3.86. The molecule has 4 nitrogen and oxygen atoms in total. The van der Waals surface area contributed by atoms with Gasteiger partial charge in [-0.1, -0.05) is 23.8 Å². The van der Waals surface area contributed by atoms with Crippen LogP contribution < -0.4 is 0 Å². The van der Waals surface area contributed by atoms with Gasteiger partial charge in [-0.15, -0.1) is 0 Å². The van der Waals surface area contributed by atoms with E-state index < -0.39 is 5.97 Å². The second kappa shape index (κ2) is 5.40. The third kappa shape index (κ3) is 2.71. The Bertz CT molecular complexity index is 567. The van der Waals surface area contributed by atoms with Gasteiger partial charge in [0, 0.05) is 11.8 Å². The van der Waals surface area contributed by atoms with E-state index >= 15 is 0 Å². The molecule has 2 aromatic rings. The van der Waals surface area contributed by atoms with Crippen molar-refractivity contribution in [3.8, 4) is 11.3 Å². The molecule has 2 rings (SSSR count). The van der Waals surface area contributed by atoms with E-state index in [9.17, 15) is 4.79 Å². The highest BCUT2D eigenvalue weighted by Gasteiger charge is 2.11. The van der Waals surface area contributed by atoms with Gasteiger partial charge in [-0.25, -0.2) is 14.8 Å². The van der Waals surface area contributed by atoms with E-state index in [1.165, 1.54) is 0 Å². The van der Waals surface area contributed by atoms with Crippen molar-refractivity contribution in [3.63, 3.8) is 0 Å². The highest BCUT2D eigenvalue weighted by atomic mass is 16.5. The van der Waals surface area contributed by atoms with Gasteiger partial charge < -0.3 is 4.74 Å². The van der Waals surface area contributed by atoms with Gasteiger partial charge >= 0.3 is 5.97 Å². The van der Waals surface area contributed by atoms with Crippen molar-refractivity contribution in [2.75, 3.05) is 6.61 Å². The summed E-state index contributed by atoms with van der Waals surface area (Å²) in [6, 6.07) is 9.70. The summed E-state index contributed by atoms with van der Waals surface area (Å²) in [5.74, 6) is -0.400. The molecule has 0 radical (unpaired) electrons. The zero-order valence-corrected chi connectivity index (χ0v) is 10.4. The van der Waals surface area contributed by atoms with E-state index in [4.69, 9.17) is 4.74 Å². The van der Waals surface area contributed by atoms with Crippen LogP contribution in [0.3, 0.4) is 0 Å². The van der Waals surface area contributed by atoms with Crippen LogP contribution in [-0.2, 0) is 4.74 Å². The number of esters is 1. The SMILES string of the molecule is CCOC(=O)c1nccc(-c2cccc(C)c2)n1. The molecule has 4 heteroatoms. The number of benzene rings is 1. The zero-order chi connectivity index (χ0) is 13.0. The molecule has 0 atom stereocenters. The van der Waals surface area contributed by atoms with Crippen molar-refractivity contribution >= 4 is 5.97 Å². The molecule has 0 unspecified atom stereocenters. The molecule has 92 valence electrons. The summed E-state index contributed by atoms with van der Waals surface area (Å²) in [6.07, 6.45) is 1.57. The lowest BCUT2D eigenvalue weighted by atomic mass is 10.1. The van der Waals surface area contributed by atoms with Gasteiger partial charge in [0.1, 0.15) is 0 Å². The van der Waals surface area contributed by atoms with E-state index in [-0.39, 0.29) is 5.82 Å². The number of carbonyl (C=O) groups is 1. The Morgan fingerprint density at radius 1 is 1.33 bits per heavy atom. The van der Waals surface area contributed by atoms with Gasteiger partial charge in [-0.3, -0.25) is 0 Å². The molecule has 0 spiro atoms. The van der Waals surface area contributed by atoms with Crippen molar-refractivity contribution in [2.45, 2.75) is 13.8 Å². The summed E-state index contributed by atoms with van der Waals surface area (Å²) >= 11 is 0. The Kier molecular flexibility index (Phi) is 3.67. The van der Waals surface area contributed by atoms with Crippen LogP contribution in [-0.4, -0.2) is 22.5 Å². The Balaban J connectivity index is 2.35. The van der Waals surface area contributed by atoms with Crippen molar-refractivity contribution < 1.29 is 9.53 Å². The molecular weight excluding hydrogens is 228 g/mol. The number of rotatable bonds is 3. The first kappa shape index (κ1) is 12.2. The summed E-state index contributed by atoms with van der Waals surface area (Å²) in [7, 11) is 0. The molecule has 0 bridgehead atoms. The molecule has 0 fully saturated rings. The maximum absolute atomic E-state index is 11.5. The van der Waals surface area contributed by atoms with Crippen LogP contribution in [0.1, 0.15) is 23.1 Å². The fourth-order valence-electron chi connectivity index (χ4n) is 1.62. The minimum absolute atomic E-state index is 0.0934. The van der Waals surface area contributed by atoms with Crippen molar-refractivity contribution in [1.29, 1.82) is 0 Å². The standard InChI is InChI=1S/C14H14N2O2/c1-3-18-14(17)13-15-8-7-12(16-13)11-6-4-5-10(2)9-11/h4-9H,3H2,1-2H3. The molecular formula is C14H14N2O2. The molecule has 0 saturated carbocycles. The van der Waals surface area contributed by atoms with E-state index in [0.29, 0.717) is 6.61 Å². The summed E-state index contributed by atoms with van der Waals surface area (Å²) in [5, 5.41) is 0. The average molecular weight is 242 g/mol. The number of ether oxygens (including phenoxy) is 1. The highest BCUT2D eigenvalue weighted by molar-refractivity contribution is 5.85. The van der Waals surface area contributed by atoms with Crippen LogP contribution in [0.4, 0.5) is 0 Å². The predicted octanol–water partition coefficient (Wildman–Crippen LogP) is 2.63. The third-order valence-electron chi connectivity index (χ3n) is 2.43. The number of hydrogen-bond donors (Lipinski definition) is 0. The fourth-order valence-corrected chi connectivity index (χ4v) is 1.62. The van der Waals surface area contributed by atoms with Crippen molar-refractivity contribution in [2.24, 2.45) is 0 Å². The lowest BCUT2D eigenvalue weighted by Gasteiger charge is -2.04. The van der Waals surface area contributed by atoms with Crippen molar-refractivity contribution in [3.05, 3.63) is 47.9 Å². The summed E-state index contributed by atoms with van der Waals surface area (Å²) < 4.78 is 4.88. The lowest BCUT2D eigenvalue weighted by molar-refractivity contribution is 0.0512. The molecule has 0 aliphatic carbocycles. The topological polar surface area (TPSA) is 52.1 Å². The molecule has 18 heavy (non-hydrogen) atoms. The predicted molar refractivity (Wildman–Crippen MR) is 68.2 cm³/mol. The molecule has 1 aromatic heterocycles. The van der Waals surface area contributed by atoms with Gasteiger partial charge in [0.15, 0.2) is 0 Å². The Hall–Kier alpha value is -2.23. The second-order valence-electron chi connectivity index (χ2n) is 3.86. The van der Waals surface area contributed by atoms with Gasteiger partial charge in [0.25, 0.3) is 0 Å². The number of carbonyl (C=O) groups excluding carboxylic acids is 1. The zero-order valence-electron chi connectivity index (χ0n) is 10.4. The van der Waals surface area contributed by atoms with Crippen LogP contribution in [0.2, 0.25) is 0 Å². The van der Waals surface area contributed by atoms with Gasteiger partial charge in [0.2, 0.25) is 5.82 Å². The average Bonchev–Trinajstić information content (AvgIpc) is 2.39. The fraction of sp³-hybridized carbons (Fsp3) is 0.214. The normalized spacial score (nSPS) is 10.1. The largest absolute Gasteiger partial charge is 0.460 e. The summed E-state index contributed by atoms with van der Waals surface area (Å²) in [6.45, 7) is 4.08. The molecule has 0 saturated heterocycles. The van der Waals surface area contributed by atoms with Crippen LogP contribution in [0.15, 0.2) is 36.5 Å². The molecule has 1 aromatic carbocycles. The minimum atomic E-state index is -0.494. The molecule has 0 aliphatic rings.